The highest BCUT2D eigenvalue weighted by atomic mass is 32.2. The van der Waals surface area contributed by atoms with Crippen LogP contribution in [0.15, 0.2) is 90.1 Å². The van der Waals surface area contributed by atoms with Crippen molar-refractivity contribution in [2.45, 2.75) is 24.1 Å². The predicted octanol–water partition coefficient (Wildman–Crippen LogP) is 4.24. The minimum absolute atomic E-state index is 0.145. The van der Waals surface area contributed by atoms with Crippen LogP contribution >= 0.6 is 11.8 Å². The molecule has 1 heterocycles. The van der Waals surface area contributed by atoms with Crippen LogP contribution in [0, 0.1) is 0 Å². The van der Waals surface area contributed by atoms with Crippen LogP contribution in [0.25, 0.3) is 0 Å². The number of carbonyl (C=O) groups excluding carboxylic acids is 2. The first kappa shape index (κ1) is 19.6. The first-order chi connectivity index (χ1) is 13.7. The normalized spacial score (nSPS) is 11.4. The van der Waals surface area contributed by atoms with Crippen LogP contribution in [0.3, 0.4) is 0 Å². The van der Waals surface area contributed by atoms with E-state index in [-0.39, 0.29) is 11.7 Å². The Bertz CT molecular complexity index is 889. The number of carbonyl (C=O) groups is 2. The number of nitrogens with zero attached hydrogens (tertiary/aromatic N) is 1. The van der Waals surface area contributed by atoms with Gasteiger partial charge >= 0.3 is 6.09 Å². The van der Waals surface area contributed by atoms with Gasteiger partial charge in [0.1, 0.15) is 17.7 Å². The Hall–Kier alpha value is -3.12. The van der Waals surface area contributed by atoms with E-state index in [1.54, 1.807) is 18.3 Å². The number of rotatable bonds is 7. The zero-order valence-electron chi connectivity index (χ0n) is 15.2. The van der Waals surface area contributed by atoms with E-state index in [1.165, 1.54) is 0 Å². The van der Waals surface area contributed by atoms with E-state index in [1.807, 2.05) is 66.7 Å². The topological polar surface area (TPSA) is 68.3 Å². The second kappa shape index (κ2) is 10.3. The van der Waals surface area contributed by atoms with E-state index in [0.717, 1.165) is 22.9 Å². The zero-order chi connectivity index (χ0) is 19.6. The van der Waals surface area contributed by atoms with Crippen LogP contribution in [0.1, 0.15) is 11.1 Å². The second-order valence-corrected chi connectivity index (χ2v) is 7.06. The van der Waals surface area contributed by atoms with Gasteiger partial charge in [0.15, 0.2) is 0 Å². The molecule has 2 aromatic carbocycles. The van der Waals surface area contributed by atoms with E-state index in [0.29, 0.717) is 11.4 Å². The predicted molar refractivity (Wildman–Crippen MR) is 109 cm³/mol. The minimum atomic E-state index is -0.724. The zero-order valence-corrected chi connectivity index (χ0v) is 16.0. The third kappa shape index (κ3) is 6.25. The average Bonchev–Trinajstić information content (AvgIpc) is 2.74. The van der Waals surface area contributed by atoms with E-state index in [9.17, 15) is 9.59 Å². The lowest BCUT2D eigenvalue weighted by Gasteiger charge is -2.17. The van der Waals surface area contributed by atoms with Gasteiger partial charge in [-0.2, -0.15) is 0 Å². The minimum Gasteiger partial charge on any atom is -0.445 e. The van der Waals surface area contributed by atoms with Gasteiger partial charge in [0, 0.05) is 12.6 Å². The van der Waals surface area contributed by atoms with Gasteiger partial charge in [0.25, 0.3) is 0 Å². The summed E-state index contributed by atoms with van der Waals surface area (Å²) >= 11 is 1.01. The lowest BCUT2D eigenvalue weighted by Crippen LogP contribution is -2.41. The smallest absolute Gasteiger partial charge is 0.408 e. The number of ether oxygens (including phenoxy) is 1. The van der Waals surface area contributed by atoms with Crippen LogP contribution in [0.2, 0.25) is 0 Å². The summed E-state index contributed by atoms with van der Waals surface area (Å²) in [7, 11) is 0. The molecule has 0 aliphatic carbocycles. The molecule has 0 radical (unpaired) electrons. The standard InChI is InChI=1S/C22H20N2O3S/c25-21(28-20-13-7-8-14-23-20)19(15-17-9-3-1-4-10-17)24-22(26)27-16-18-11-5-2-6-12-18/h1-14,19H,15-16H2,(H,24,26)/t19-/m0/s1. The first-order valence-corrected chi connectivity index (χ1v) is 9.66. The van der Waals surface area contributed by atoms with Gasteiger partial charge in [-0.15, -0.1) is 0 Å². The van der Waals surface area contributed by atoms with Crippen molar-refractivity contribution in [3.8, 4) is 0 Å². The van der Waals surface area contributed by atoms with Crippen LogP contribution in [0.5, 0.6) is 0 Å². The second-order valence-electron chi connectivity index (χ2n) is 6.04. The average molecular weight is 392 g/mol. The van der Waals surface area contributed by atoms with Crippen molar-refractivity contribution in [1.29, 1.82) is 0 Å². The van der Waals surface area contributed by atoms with Gasteiger partial charge in [-0.1, -0.05) is 66.7 Å². The van der Waals surface area contributed by atoms with Crippen molar-refractivity contribution in [2.24, 2.45) is 0 Å². The summed E-state index contributed by atoms with van der Waals surface area (Å²) in [4.78, 5) is 29.2. The van der Waals surface area contributed by atoms with Crippen molar-refractivity contribution < 1.29 is 14.3 Å². The Morgan fingerprint density at radius 1 is 0.893 bits per heavy atom. The molecule has 0 saturated heterocycles. The van der Waals surface area contributed by atoms with Crippen molar-refractivity contribution in [3.05, 3.63) is 96.2 Å². The number of amides is 1. The summed E-state index contributed by atoms with van der Waals surface area (Å²) in [5, 5.41) is 3.09. The molecule has 5 nitrogen and oxygen atoms in total. The van der Waals surface area contributed by atoms with Crippen molar-refractivity contribution in [2.75, 3.05) is 0 Å². The van der Waals surface area contributed by atoms with E-state index in [2.05, 4.69) is 10.3 Å². The van der Waals surface area contributed by atoms with Crippen molar-refractivity contribution >= 4 is 23.0 Å². The highest BCUT2D eigenvalue weighted by Gasteiger charge is 2.23. The monoisotopic (exact) mass is 392 g/mol. The summed E-state index contributed by atoms with van der Waals surface area (Å²) in [6, 6.07) is 23.6. The number of pyridine rings is 1. The molecule has 0 aliphatic heterocycles. The van der Waals surface area contributed by atoms with Crippen LogP contribution in [-0.4, -0.2) is 22.2 Å². The summed E-state index contributed by atoms with van der Waals surface area (Å²) in [5.41, 5.74) is 1.83. The molecular weight excluding hydrogens is 372 g/mol. The number of aromatic nitrogens is 1. The SMILES string of the molecule is O=C(N[C@@H](Cc1ccccc1)C(=O)Sc1ccccn1)OCc1ccccc1. The fourth-order valence-electron chi connectivity index (χ4n) is 2.53. The van der Waals surface area contributed by atoms with E-state index in [4.69, 9.17) is 4.74 Å². The molecule has 0 bridgehead atoms. The number of benzene rings is 2. The molecular formula is C22H20N2O3S. The lowest BCUT2D eigenvalue weighted by atomic mass is 10.1. The van der Waals surface area contributed by atoms with E-state index >= 15 is 0 Å². The Balaban J connectivity index is 1.64. The molecule has 1 atom stereocenters. The van der Waals surface area contributed by atoms with Gasteiger partial charge in [-0.05, 0) is 35.0 Å². The molecule has 1 aromatic heterocycles. The first-order valence-electron chi connectivity index (χ1n) is 8.84. The fourth-order valence-corrected chi connectivity index (χ4v) is 3.28. The number of nitrogens with one attached hydrogen (secondary N) is 1. The molecule has 1 N–H and O–H groups in total. The fraction of sp³-hybridized carbons (Fsp3) is 0.136. The van der Waals surface area contributed by atoms with Gasteiger partial charge in [-0.25, -0.2) is 9.78 Å². The maximum absolute atomic E-state index is 12.8. The highest BCUT2D eigenvalue weighted by Crippen LogP contribution is 2.19. The Morgan fingerprint density at radius 3 is 2.18 bits per heavy atom. The molecule has 0 spiro atoms. The highest BCUT2D eigenvalue weighted by molar-refractivity contribution is 8.13. The molecule has 0 fully saturated rings. The largest absolute Gasteiger partial charge is 0.445 e. The maximum atomic E-state index is 12.8. The molecule has 0 saturated carbocycles. The Labute approximate surface area is 168 Å². The number of thioether (sulfide) groups is 1. The quantitative estimate of drug-likeness (QED) is 0.609. The number of alkyl carbamates (subject to hydrolysis) is 1. The van der Waals surface area contributed by atoms with Gasteiger partial charge < -0.3 is 10.1 Å². The maximum Gasteiger partial charge on any atom is 0.408 e. The van der Waals surface area contributed by atoms with Gasteiger partial charge in [0.05, 0.1) is 0 Å². The van der Waals surface area contributed by atoms with Gasteiger partial charge in [-0.3, -0.25) is 4.79 Å². The van der Waals surface area contributed by atoms with Crippen LogP contribution in [-0.2, 0) is 22.6 Å². The number of hydrogen-bond donors (Lipinski definition) is 1. The molecule has 0 unspecified atom stereocenters. The van der Waals surface area contributed by atoms with Crippen LogP contribution < -0.4 is 5.32 Å². The van der Waals surface area contributed by atoms with Gasteiger partial charge in [0.2, 0.25) is 5.12 Å². The van der Waals surface area contributed by atoms with Crippen molar-refractivity contribution in [3.63, 3.8) is 0 Å². The molecule has 0 aliphatic rings. The van der Waals surface area contributed by atoms with Crippen molar-refractivity contribution in [1.82, 2.24) is 10.3 Å². The molecule has 142 valence electrons. The third-order valence-electron chi connectivity index (χ3n) is 3.91. The summed E-state index contributed by atoms with van der Waals surface area (Å²) in [5.74, 6) is 0. The molecule has 1 amide bonds. The lowest BCUT2D eigenvalue weighted by molar-refractivity contribution is -0.112. The molecule has 28 heavy (non-hydrogen) atoms. The summed E-state index contributed by atoms with van der Waals surface area (Å²) < 4.78 is 5.27. The molecule has 3 aromatic rings. The Morgan fingerprint density at radius 2 is 1.54 bits per heavy atom. The summed E-state index contributed by atoms with van der Waals surface area (Å²) in [6.07, 6.45) is 1.38. The van der Waals surface area contributed by atoms with Crippen LogP contribution in [0.4, 0.5) is 4.79 Å². The molecule has 3 rings (SSSR count). The molecule has 6 heteroatoms. The third-order valence-corrected chi connectivity index (χ3v) is 4.85. The Kier molecular flexibility index (Phi) is 7.21. The number of hydrogen-bond acceptors (Lipinski definition) is 5. The van der Waals surface area contributed by atoms with E-state index < -0.39 is 12.1 Å². The summed E-state index contributed by atoms with van der Waals surface area (Å²) in [6.45, 7) is 0.145.